The van der Waals surface area contributed by atoms with Gasteiger partial charge < -0.3 is 11.1 Å². The van der Waals surface area contributed by atoms with Crippen molar-refractivity contribution < 1.29 is 4.39 Å². The van der Waals surface area contributed by atoms with Crippen molar-refractivity contribution in [2.24, 2.45) is 7.05 Å². The zero-order chi connectivity index (χ0) is 15.7. The van der Waals surface area contributed by atoms with Crippen LogP contribution in [0.1, 0.15) is 24.1 Å². The quantitative estimate of drug-likeness (QED) is 0.794. The highest BCUT2D eigenvalue weighted by molar-refractivity contribution is 5.61. The van der Waals surface area contributed by atoms with E-state index >= 15 is 0 Å². The van der Waals surface area contributed by atoms with Gasteiger partial charge in [0, 0.05) is 13.1 Å². The van der Waals surface area contributed by atoms with Crippen LogP contribution in [0.2, 0.25) is 0 Å². The van der Waals surface area contributed by atoms with Crippen molar-refractivity contribution in [3.8, 4) is 0 Å². The molecule has 21 heavy (non-hydrogen) atoms. The highest BCUT2D eigenvalue weighted by atomic mass is 19.1. The van der Waals surface area contributed by atoms with E-state index in [-0.39, 0.29) is 23.4 Å². The van der Waals surface area contributed by atoms with E-state index in [1.807, 2.05) is 0 Å². The largest absolute Gasteiger partial charge is 0.383 e. The van der Waals surface area contributed by atoms with E-state index in [1.165, 1.54) is 13.1 Å². The van der Waals surface area contributed by atoms with E-state index < -0.39 is 11.2 Å². The molecule has 0 amide bonds. The van der Waals surface area contributed by atoms with Crippen molar-refractivity contribution in [2.75, 3.05) is 11.1 Å². The third-order valence-electron chi connectivity index (χ3n) is 3.43. The number of anilines is 2. The normalized spacial score (nSPS) is 12.2. The Labute approximate surface area is 120 Å². The monoisotopic (exact) mass is 292 g/mol. The Balaban J connectivity index is 2.38. The molecule has 0 aliphatic carbocycles. The molecule has 1 atom stereocenters. The van der Waals surface area contributed by atoms with Crippen LogP contribution in [0.25, 0.3) is 0 Å². The number of hydrogen-bond acceptors (Lipinski definition) is 4. The molecular formula is C14H17FN4O2. The summed E-state index contributed by atoms with van der Waals surface area (Å²) in [6.45, 7) is 3.45. The predicted octanol–water partition coefficient (Wildman–Crippen LogP) is 1.28. The lowest BCUT2D eigenvalue weighted by Crippen LogP contribution is -2.32. The van der Waals surface area contributed by atoms with E-state index in [0.717, 1.165) is 4.57 Å². The highest BCUT2D eigenvalue weighted by Crippen LogP contribution is 2.21. The minimum atomic E-state index is -0.602. The van der Waals surface area contributed by atoms with Crippen LogP contribution in [0.15, 0.2) is 27.8 Å². The number of halogens is 1. The fourth-order valence-corrected chi connectivity index (χ4v) is 1.95. The number of nitrogens with zero attached hydrogens (tertiary/aromatic N) is 1. The third kappa shape index (κ3) is 2.81. The summed E-state index contributed by atoms with van der Waals surface area (Å²) in [6, 6.07) is 4.49. The Morgan fingerprint density at radius 1 is 1.38 bits per heavy atom. The molecule has 0 saturated heterocycles. The fraction of sp³-hybridized carbons (Fsp3) is 0.286. The zero-order valence-corrected chi connectivity index (χ0v) is 12.0. The first kappa shape index (κ1) is 14.8. The molecule has 2 aromatic rings. The van der Waals surface area contributed by atoms with E-state index in [9.17, 15) is 14.0 Å². The summed E-state index contributed by atoms with van der Waals surface area (Å²) >= 11 is 0. The predicted molar refractivity (Wildman–Crippen MR) is 79.9 cm³/mol. The summed E-state index contributed by atoms with van der Waals surface area (Å²) in [5, 5.41) is 2.91. The van der Waals surface area contributed by atoms with Gasteiger partial charge in [-0.2, -0.15) is 0 Å². The molecule has 1 aromatic heterocycles. The molecule has 1 aromatic carbocycles. The molecule has 0 radical (unpaired) electrons. The second-order valence-electron chi connectivity index (χ2n) is 4.95. The molecule has 6 nitrogen and oxygen atoms in total. The van der Waals surface area contributed by atoms with E-state index in [4.69, 9.17) is 5.73 Å². The van der Waals surface area contributed by atoms with E-state index in [1.54, 1.807) is 26.0 Å². The zero-order valence-electron chi connectivity index (χ0n) is 12.0. The molecule has 4 N–H and O–H groups in total. The molecule has 7 heteroatoms. The fourth-order valence-electron chi connectivity index (χ4n) is 1.95. The number of rotatable bonds is 3. The summed E-state index contributed by atoms with van der Waals surface area (Å²) in [5.74, 6) is -0.285. The molecule has 0 saturated carbocycles. The Kier molecular flexibility index (Phi) is 3.84. The Hall–Kier alpha value is -2.57. The summed E-state index contributed by atoms with van der Waals surface area (Å²) in [5.41, 5.74) is 5.89. The molecule has 0 aliphatic heterocycles. The summed E-state index contributed by atoms with van der Waals surface area (Å²) < 4.78 is 14.7. The Morgan fingerprint density at radius 2 is 2.05 bits per heavy atom. The second kappa shape index (κ2) is 5.43. The van der Waals surface area contributed by atoms with E-state index in [0.29, 0.717) is 11.1 Å². The van der Waals surface area contributed by atoms with Crippen LogP contribution in [0.5, 0.6) is 0 Å². The first-order valence-electron chi connectivity index (χ1n) is 6.42. The van der Waals surface area contributed by atoms with Crippen molar-refractivity contribution in [2.45, 2.75) is 19.9 Å². The standard InChI is InChI=1S/C14H17FN4O2/c1-7-4-5-9(6-10(7)15)8(2)17-11-12(16)19(3)14(21)18-13(11)20/h4-6,8,17H,16H2,1-3H3,(H,18,20,21). The van der Waals surface area contributed by atoms with Crippen LogP contribution in [0, 0.1) is 12.7 Å². The van der Waals surface area contributed by atoms with Gasteiger partial charge in [0.05, 0.1) is 0 Å². The van der Waals surface area contributed by atoms with Crippen LogP contribution in [0.4, 0.5) is 15.9 Å². The SMILES string of the molecule is Cc1ccc(C(C)Nc2c(N)n(C)c(=O)[nH]c2=O)cc1F. The van der Waals surface area contributed by atoms with Gasteiger partial charge in [0.2, 0.25) is 0 Å². The number of benzene rings is 1. The van der Waals surface area contributed by atoms with Gasteiger partial charge in [-0.3, -0.25) is 14.3 Å². The van der Waals surface area contributed by atoms with Crippen LogP contribution in [-0.4, -0.2) is 9.55 Å². The number of aryl methyl sites for hydroxylation is 1. The van der Waals surface area contributed by atoms with Crippen molar-refractivity contribution in [3.05, 3.63) is 56.0 Å². The lowest BCUT2D eigenvalue weighted by atomic mass is 10.1. The molecule has 2 rings (SSSR count). The lowest BCUT2D eigenvalue weighted by Gasteiger charge is -2.17. The van der Waals surface area contributed by atoms with Crippen LogP contribution >= 0.6 is 0 Å². The molecule has 0 aliphatic rings. The number of nitrogens with one attached hydrogen (secondary N) is 2. The number of H-pyrrole nitrogens is 1. The minimum Gasteiger partial charge on any atom is -0.383 e. The highest BCUT2D eigenvalue weighted by Gasteiger charge is 2.14. The molecule has 0 spiro atoms. The van der Waals surface area contributed by atoms with Crippen LogP contribution in [-0.2, 0) is 7.05 Å². The number of nitrogens with two attached hydrogens (primary N) is 1. The molecule has 112 valence electrons. The Morgan fingerprint density at radius 3 is 2.67 bits per heavy atom. The van der Waals surface area contributed by atoms with Gasteiger partial charge in [0.25, 0.3) is 5.56 Å². The van der Waals surface area contributed by atoms with Gasteiger partial charge in [0.15, 0.2) is 0 Å². The van der Waals surface area contributed by atoms with E-state index in [2.05, 4.69) is 10.3 Å². The summed E-state index contributed by atoms with van der Waals surface area (Å²) in [4.78, 5) is 25.4. The Bertz CT molecular complexity index is 795. The number of hydrogen-bond donors (Lipinski definition) is 3. The number of aromatic amines is 1. The summed E-state index contributed by atoms with van der Waals surface area (Å²) in [6.07, 6.45) is 0. The van der Waals surface area contributed by atoms with Crippen molar-refractivity contribution in [1.29, 1.82) is 0 Å². The third-order valence-corrected chi connectivity index (χ3v) is 3.43. The first-order valence-corrected chi connectivity index (χ1v) is 6.42. The topological polar surface area (TPSA) is 92.9 Å². The average Bonchev–Trinajstić information content (AvgIpc) is 2.44. The van der Waals surface area contributed by atoms with Crippen LogP contribution in [0.3, 0.4) is 0 Å². The number of nitrogen functional groups attached to an aromatic ring is 1. The minimum absolute atomic E-state index is 0.0307. The van der Waals surface area contributed by atoms with Gasteiger partial charge >= 0.3 is 5.69 Å². The maximum absolute atomic E-state index is 13.6. The van der Waals surface area contributed by atoms with Gasteiger partial charge in [0.1, 0.15) is 17.3 Å². The van der Waals surface area contributed by atoms with Crippen molar-refractivity contribution in [3.63, 3.8) is 0 Å². The molecule has 1 heterocycles. The van der Waals surface area contributed by atoms with Crippen molar-refractivity contribution >= 4 is 11.5 Å². The number of aromatic nitrogens is 2. The first-order chi connectivity index (χ1) is 9.81. The average molecular weight is 292 g/mol. The maximum atomic E-state index is 13.6. The van der Waals surface area contributed by atoms with Crippen LogP contribution < -0.4 is 22.3 Å². The molecular weight excluding hydrogens is 275 g/mol. The second-order valence-corrected chi connectivity index (χ2v) is 4.95. The van der Waals surface area contributed by atoms with Gasteiger partial charge in [-0.25, -0.2) is 9.18 Å². The van der Waals surface area contributed by atoms with Gasteiger partial charge in [-0.1, -0.05) is 12.1 Å². The van der Waals surface area contributed by atoms with Crippen molar-refractivity contribution in [1.82, 2.24) is 9.55 Å². The lowest BCUT2D eigenvalue weighted by molar-refractivity contribution is 0.614. The smallest absolute Gasteiger partial charge is 0.329 e. The molecule has 1 unspecified atom stereocenters. The molecule has 0 bridgehead atoms. The van der Waals surface area contributed by atoms with Gasteiger partial charge in [-0.15, -0.1) is 0 Å². The van der Waals surface area contributed by atoms with Gasteiger partial charge in [-0.05, 0) is 31.0 Å². The maximum Gasteiger partial charge on any atom is 0.329 e. The molecule has 0 fully saturated rings. The summed E-state index contributed by atoms with van der Waals surface area (Å²) in [7, 11) is 1.45.